The average molecular weight is 561 g/mol. The maximum atomic E-state index is 2.62. The molecule has 0 amide bonds. The minimum absolute atomic E-state index is 0.146. The first-order valence-corrected chi connectivity index (χ1v) is 15.8. The summed E-state index contributed by atoms with van der Waals surface area (Å²) < 4.78 is 0. The van der Waals surface area contributed by atoms with Gasteiger partial charge in [0.25, 0.3) is 0 Å². The van der Waals surface area contributed by atoms with Crippen molar-refractivity contribution >= 4 is 33.9 Å². The molecule has 2 atom stereocenters. The Hall–Kier alpha value is -5.34. The molecule has 2 heteroatoms. The molecule has 2 aliphatic carbocycles. The van der Waals surface area contributed by atoms with Gasteiger partial charge >= 0.3 is 0 Å². The Labute approximate surface area is 257 Å². The molecule has 6 aliphatic rings. The quantitative estimate of drug-likeness (QED) is 0.186. The van der Waals surface area contributed by atoms with E-state index in [1.807, 2.05) is 0 Å². The molecule has 0 bridgehead atoms. The second-order valence-electron chi connectivity index (χ2n) is 12.7. The fourth-order valence-electron chi connectivity index (χ4n) is 9.02. The van der Waals surface area contributed by atoms with Crippen LogP contribution in [0.25, 0.3) is 33.4 Å². The highest BCUT2D eigenvalue weighted by molar-refractivity contribution is 6.04. The van der Waals surface area contributed by atoms with Gasteiger partial charge < -0.3 is 9.80 Å². The van der Waals surface area contributed by atoms with Crippen LogP contribution in [0.4, 0.5) is 22.7 Å². The van der Waals surface area contributed by atoms with Gasteiger partial charge in [-0.1, -0.05) is 97.1 Å². The van der Waals surface area contributed by atoms with Gasteiger partial charge in [0.05, 0.1) is 12.1 Å². The standard InChI is InChI=1S/C42H28N2/c1-5-19-37-27(11-1)25-15-9-17-31(25)41-35-23-34-30-14-4-8-22-40(30)44-38-20-6-2-12-28(38)26-16-10-18-32(26)42(44)36(34)24-33(35)29-13-3-7-21-39(29)43(37)41/h1-8,11-24,41-42H,9-10H2. The molecule has 0 saturated heterocycles. The van der Waals surface area contributed by atoms with Crippen LogP contribution >= 0.6 is 0 Å². The van der Waals surface area contributed by atoms with E-state index in [4.69, 9.17) is 0 Å². The maximum Gasteiger partial charge on any atom is 0.0854 e. The van der Waals surface area contributed by atoms with E-state index in [0.29, 0.717) is 0 Å². The first kappa shape index (κ1) is 23.2. The zero-order valence-corrected chi connectivity index (χ0v) is 24.2. The fourth-order valence-corrected chi connectivity index (χ4v) is 9.02. The van der Waals surface area contributed by atoms with Crippen LogP contribution in [0.3, 0.4) is 0 Å². The van der Waals surface area contributed by atoms with Gasteiger partial charge in [-0.3, -0.25) is 0 Å². The molecule has 5 aromatic carbocycles. The van der Waals surface area contributed by atoms with Crippen molar-refractivity contribution in [1.29, 1.82) is 0 Å². The molecule has 44 heavy (non-hydrogen) atoms. The smallest absolute Gasteiger partial charge is 0.0854 e. The van der Waals surface area contributed by atoms with Gasteiger partial charge in [0.1, 0.15) is 0 Å². The summed E-state index contributed by atoms with van der Waals surface area (Å²) >= 11 is 0. The van der Waals surface area contributed by atoms with Crippen molar-refractivity contribution < 1.29 is 0 Å². The van der Waals surface area contributed by atoms with E-state index in [1.165, 1.54) is 89.5 Å². The van der Waals surface area contributed by atoms with E-state index in [-0.39, 0.29) is 12.1 Å². The number of anilines is 4. The number of hydrogen-bond donors (Lipinski definition) is 0. The summed E-state index contributed by atoms with van der Waals surface area (Å²) in [7, 11) is 0. The van der Waals surface area contributed by atoms with Crippen LogP contribution in [0.5, 0.6) is 0 Å². The molecule has 5 aromatic rings. The Morgan fingerprint density at radius 2 is 0.750 bits per heavy atom. The summed E-state index contributed by atoms with van der Waals surface area (Å²) in [6.07, 6.45) is 11.8. The summed E-state index contributed by atoms with van der Waals surface area (Å²) in [6, 6.07) is 41.5. The first-order chi connectivity index (χ1) is 21.9. The van der Waals surface area contributed by atoms with Crippen LogP contribution in [-0.2, 0) is 0 Å². The van der Waals surface area contributed by atoms with Gasteiger partial charge in [-0.2, -0.15) is 0 Å². The van der Waals surface area contributed by atoms with E-state index >= 15 is 0 Å². The summed E-state index contributed by atoms with van der Waals surface area (Å²) in [6.45, 7) is 0. The summed E-state index contributed by atoms with van der Waals surface area (Å²) in [4.78, 5) is 5.23. The van der Waals surface area contributed by atoms with Crippen LogP contribution in [-0.4, -0.2) is 0 Å². The van der Waals surface area contributed by atoms with E-state index in [0.717, 1.165) is 12.8 Å². The molecule has 0 N–H and O–H groups in total. The second-order valence-corrected chi connectivity index (χ2v) is 12.7. The number of nitrogens with zero attached hydrogens (tertiary/aromatic N) is 2. The van der Waals surface area contributed by atoms with E-state index in [2.05, 4.69) is 143 Å². The molecule has 0 fully saturated rings. The van der Waals surface area contributed by atoms with Crippen molar-refractivity contribution in [2.45, 2.75) is 24.9 Å². The minimum Gasteiger partial charge on any atom is -0.329 e. The molecule has 0 saturated carbocycles. The number of benzene rings is 5. The molecule has 2 unspecified atom stereocenters. The maximum absolute atomic E-state index is 2.62. The van der Waals surface area contributed by atoms with Crippen molar-refractivity contribution in [3.05, 3.63) is 167 Å². The molecular weight excluding hydrogens is 532 g/mol. The third-order valence-electron chi connectivity index (χ3n) is 10.7. The average Bonchev–Trinajstić information content (AvgIpc) is 3.78. The van der Waals surface area contributed by atoms with Crippen LogP contribution in [0, 0.1) is 0 Å². The monoisotopic (exact) mass is 560 g/mol. The number of para-hydroxylation sites is 4. The van der Waals surface area contributed by atoms with Gasteiger partial charge in [0.2, 0.25) is 0 Å². The number of fused-ring (bicyclic) bond motifs is 22. The predicted octanol–water partition coefficient (Wildman–Crippen LogP) is 10.9. The van der Waals surface area contributed by atoms with Gasteiger partial charge in [0.15, 0.2) is 0 Å². The number of allylic oxidation sites excluding steroid dienone is 4. The van der Waals surface area contributed by atoms with Gasteiger partial charge in [-0.05, 0) is 93.8 Å². The molecule has 206 valence electrons. The largest absolute Gasteiger partial charge is 0.329 e. The van der Waals surface area contributed by atoms with Crippen molar-refractivity contribution in [3.63, 3.8) is 0 Å². The topological polar surface area (TPSA) is 6.48 Å². The lowest BCUT2D eigenvalue weighted by Crippen LogP contribution is -2.35. The number of rotatable bonds is 0. The molecule has 11 rings (SSSR count). The van der Waals surface area contributed by atoms with E-state index in [1.54, 1.807) is 0 Å². The van der Waals surface area contributed by atoms with Gasteiger partial charge in [-0.25, -0.2) is 0 Å². The molecule has 0 spiro atoms. The van der Waals surface area contributed by atoms with Crippen molar-refractivity contribution in [3.8, 4) is 22.3 Å². The van der Waals surface area contributed by atoms with E-state index < -0.39 is 0 Å². The highest BCUT2D eigenvalue weighted by Crippen LogP contribution is 2.63. The normalized spacial score (nSPS) is 20.5. The van der Waals surface area contributed by atoms with Crippen LogP contribution in [0.15, 0.2) is 145 Å². The molecule has 4 heterocycles. The zero-order valence-electron chi connectivity index (χ0n) is 24.2. The van der Waals surface area contributed by atoms with Crippen LogP contribution in [0.2, 0.25) is 0 Å². The Morgan fingerprint density at radius 3 is 1.18 bits per heavy atom. The summed E-state index contributed by atoms with van der Waals surface area (Å²) in [5, 5.41) is 0. The molecule has 4 aliphatic heterocycles. The molecule has 0 radical (unpaired) electrons. The van der Waals surface area contributed by atoms with Crippen LogP contribution < -0.4 is 9.80 Å². The van der Waals surface area contributed by atoms with Gasteiger partial charge in [0, 0.05) is 45.0 Å². The Bertz CT molecular complexity index is 2100. The first-order valence-electron chi connectivity index (χ1n) is 15.8. The highest BCUT2D eigenvalue weighted by Gasteiger charge is 2.45. The van der Waals surface area contributed by atoms with E-state index in [9.17, 15) is 0 Å². The number of hydrogen-bond acceptors (Lipinski definition) is 2. The van der Waals surface area contributed by atoms with Crippen molar-refractivity contribution in [1.82, 2.24) is 0 Å². The third-order valence-corrected chi connectivity index (χ3v) is 10.7. The molecular formula is C42H28N2. The Morgan fingerprint density at radius 1 is 0.386 bits per heavy atom. The third kappa shape index (κ3) is 2.73. The van der Waals surface area contributed by atoms with Crippen molar-refractivity contribution in [2.75, 3.05) is 9.80 Å². The second kappa shape index (κ2) is 8.18. The van der Waals surface area contributed by atoms with Crippen molar-refractivity contribution in [2.24, 2.45) is 0 Å². The lowest BCUT2D eigenvalue weighted by molar-refractivity contribution is 0.783. The van der Waals surface area contributed by atoms with Crippen LogP contribution in [0.1, 0.15) is 47.2 Å². The van der Waals surface area contributed by atoms with Gasteiger partial charge in [-0.15, -0.1) is 0 Å². The summed E-state index contributed by atoms with van der Waals surface area (Å²) in [5.41, 5.74) is 21.8. The summed E-state index contributed by atoms with van der Waals surface area (Å²) in [5.74, 6) is 0. The molecule has 0 aromatic heterocycles. The fraction of sp³-hybridized carbons (Fsp3) is 0.0952. The molecule has 2 nitrogen and oxygen atoms in total. The lowest BCUT2D eigenvalue weighted by atomic mass is 9.73. The zero-order chi connectivity index (χ0) is 28.5. The minimum atomic E-state index is 0.146. The SMILES string of the molecule is C1=C2C(=CC1)C1c3cc4c(cc3-c3ccccc3N1c1ccccc12)C1C2=CCC=C2c2ccccc2N1c1ccccc1-4. The Balaban J connectivity index is 1.24. The Kier molecular flexibility index (Phi) is 4.31. The lowest BCUT2D eigenvalue weighted by Gasteiger charge is -2.48. The highest BCUT2D eigenvalue weighted by atomic mass is 15.2. The predicted molar refractivity (Wildman–Crippen MR) is 181 cm³/mol.